The van der Waals surface area contributed by atoms with Gasteiger partial charge in [-0.25, -0.2) is 4.39 Å². The van der Waals surface area contributed by atoms with Gasteiger partial charge in [-0.3, -0.25) is 4.79 Å². The Morgan fingerprint density at radius 3 is 2.70 bits per heavy atom. The van der Waals surface area contributed by atoms with E-state index in [4.69, 9.17) is 5.11 Å². The number of halogens is 1. The van der Waals surface area contributed by atoms with Gasteiger partial charge < -0.3 is 10.0 Å². The van der Waals surface area contributed by atoms with Gasteiger partial charge in [0, 0.05) is 25.1 Å². The maximum Gasteiger partial charge on any atom is 0.164 e. The molecular weight excluding hydrogens is 257 g/mol. The Morgan fingerprint density at radius 2 is 2.10 bits per heavy atom. The molecule has 0 bridgehead atoms. The lowest BCUT2D eigenvalue weighted by Gasteiger charge is -2.30. The third-order valence-corrected chi connectivity index (χ3v) is 4.11. The molecule has 0 saturated carbocycles. The Hall–Kier alpha value is -1.26. The Bertz CT molecular complexity index is 468. The molecule has 1 fully saturated rings. The summed E-state index contributed by atoms with van der Waals surface area (Å²) in [5, 5.41) is 9.08. The Kier molecular flexibility index (Phi) is 5.26. The van der Waals surface area contributed by atoms with Gasteiger partial charge in [-0.05, 0) is 50.4 Å². The van der Waals surface area contributed by atoms with E-state index in [-0.39, 0.29) is 18.2 Å². The van der Waals surface area contributed by atoms with E-state index in [0.29, 0.717) is 30.0 Å². The second kappa shape index (κ2) is 6.95. The molecule has 1 N–H and O–H groups in total. The highest BCUT2D eigenvalue weighted by Crippen LogP contribution is 2.17. The lowest BCUT2D eigenvalue weighted by molar-refractivity contribution is 0.0932. The molecule has 1 aromatic rings. The predicted octanol–water partition coefficient (Wildman–Crippen LogP) is 2.41. The zero-order valence-electron chi connectivity index (χ0n) is 11.9. The lowest BCUT2D eigenvalue weighted by Crippen LogP contribution is -2.36. The molecule has 1 aliphatic heterocycles. The molecular formula is C16H22FNO2. The summed E-state index contributed by atoms with van der Waals surface area (Å²) >= 11 is 0. The zero-order valence-corrected chi connectivity index (χ0v) is 11.9. The van der Waals surface area contributed by atoms with Crippen LogP contribution >= 0.6 is 0 Å². The van der Waals surface area contributed by atoms with E-state index in [1.165, 1.54) is 6.07 Å². The fraction of sp³-hybridized carbons (Fsp3) is 0.562. The molecule has 110 valence electrons. The van der Waals surface area contributed by atoms with Gasteiger partial charge in [0.05, 0.1) is 0 Å². The van der Waals surface area contributed by atoms with Crippen LogP contribution in [0.1, 0.15) is 35.2 Å². The van der Waals surface area contributed by atoms with Crippen molar-refractivity contribution in [3.8, 4) is 0 Å². The molecule has 0 amide bonds. The lowest BCUT2D eigenvalue weighted by atomic mass is 9.97. The number of aliphatic hydroxyl groups excluding tert-OH is 1. The summed E-state index contributed by atoms with van der Waals surface area (Å²) in [5.74, 6) is 0.0842. The molecule has 0 aliphatic carbocycles. The van der Waals surface area contributed by atoms with E-state index < -0.39 is 0 Å². The largest absolute Gasteiger partial charge is 0.396 e. The summed E-state index contributed by atoms with van der Waals surface area (Å²) in [5.41, 5.74) is 1.02. The van der Waals surface area contributed by atoms with E-state index in [1.54, 1.807) is 19.1 Å². The van der Waals surface area contributed by atoms with Crippen LogP contribution in [0.4, 0.5) is 4.39 Å². The third kappa shape index (κ3) is 3.87. The molecule has 1 heterocycles. The third-order valence-electron chi connectivity index (χ3n) is 4.11. The number of ketones is 1. The number of carbonyl (C=O) groups excluding carboxylic acids is 1. The molecule has 0 radical (unpaired) electrons. The number of aryl methyl sites for hydroxylation is 1. The number of piperidine rings is 1. The summed E-state index contributed by atoms with van der Waals surface area (Å²) in [6.07, 6.45) is 2.40. The van der Waals surface area contributed by atoms with Gasteiger partial charge in [0.1, 0.15) is 5.82 Å². The van der Waals surface area contributed by atoms with Crippen molar-refractivity contribution in [1.82, 2.24) is 4.90 Å². The fourth-order valence-corrected chi connectivity index (χ4v) is 2.56. The number of carbonyl (C=O) groups is 1. The Labute approximate surface area is 119 Å². The first kappa shape index (κ1) is 15.1. The van der Waals surface area contributed by atoms with Crippen LogP contribution in [-0.4, -0.2) is 42.0 Å². The van der Waals surface area contributed by atoms with Gasteiger partial charge in [0.15, 0.2) is 5.78 Å². The van der Waals surface area contributed by atoms with Gasteiger partial charge in [-0.2, -0.15) is 0 Å². The van der Waals surface area contributed by atoms with E-state index in [1.807, 2.05) is 0 Å². The topological polar surface area (TPSA) is 40.5 Å². The average Bonchev–Trinajstić information content (AvgIpc) is 2.48. The number of hydrogen-bond acceptors (Lipinski definition) is 3. The minimum absolute atomic E-state index is 0.00631. The summed E-state index contributed by atoms with van der Waals surface area (Å²) in [6, 6.07) is 4.67. The quantitative estimate of drug-likeness (QED) is 0.841. The van der Waals surface area contributed by atoms with Gasteiger partial charge in [-0.15, -0.1) is 0 Å². The standard InChI is InChI=1S/C16H22FNO2/c1-12-2-3-14(10-15(12)17)16(20)6-9-18-7-4-13(11-19)5-8-18/h2-3,10,13,19H,4-9,11H2,1H3. The average molecular weight is 279 g/mol. The monoisotopic (exact) mass is 279 g/mol. The predicted molar refractivity (Wildman–Crippen MR) is 76.3 cm³/mol. The number of hydrogen-bond donors (Lipinski definition) is 1. The number of aliphatic hydroxyl groups is 1. The molecule has 0 unspecified atom stereocenters. The van der Waals surface area contributed by atoms with Crippen LogP contribution in [0.2, 0.25) is 0 Å². The van der Waals surface area contributed by atoms with E-state index in [9.17, 15) is 9.18 Å². The first-order valence-electron chi connectivity index (χ1n) is 7.22. The highest BCUT2D eigenvalue weighted by atomic mass is 19.1. The van der Waals surface area contributed by atoms with Crippen LogP contribution in [0.5, 0.6) is 0 Å². The summed E-state index contributed by atoms with van der Waals surface area (Å²) in [4.78, 5) is 14.3. The van der Waals surface area contributed by atoms with E-state index in [0.717, 1.165) is 25.9 Å². The molecule has 0 aromatic heterocycles. The first-order chi connectivity index (χ1) is 9.60. The molecule has 3 nitrogen and oxygen atoms in total. The molecule has 0 atom stereocenters. The minimum Gasteiger partial charge on any atom is -0.396 e. The van der Waals surface area contributed by atoms with E-state index >= 15 is 0 Å². The Morgan fingerprint density at radius 1 is 1.40 bits per heavy atom. The number of rotatable bonds is 5. The molecule has 1 aromatic carbocycles. The van der Waals surface area contributed by atoms with Crippen molar-refractivity contribution in [1.29, 1.82) is 0 Å². The van der Waals surface area contributed by atoms with Gasteiger partial charge >= 0.3 is 0 Å². The van der Waals surface area contributed by atoms with Crippen molar-refractivity contribution in [2.45, 2.75) is 26.2 Å². The van der Waals surface area contributed by atoms with Crippen LogP contribution in [0.3, 0.4) is 0 Å². The number of benzene rings is 1. The number of nitrogens with zero attached hydrogens (tertiary/aromatic N) is 1. The van der Waals surface area contributed by atoms with Crippen LogP contribution in [-0.2, 0) is 0 Å². The van der Waals surface area contributed by atoms with Crippen LogP contribution < -0.4 is 0 Å². The normalized spacial score (nSPS) is 17.4. The van der Waals surface area contributed by atoms with Crippen molar-refractivity contribution in [3.05, 3.63) is 35.1 Å². The summed E-state index contributed by atoms with van der Waals surface area (Å²) in [6.45, 7) is 4.53. The number of Topliss-reactive ketones (excluding diaryl/α,β-unsaturated/α-hetero) is 1. The minimum atomic E-state index is -0.320. The second-order valence-electron chi connectivity index (χ2n) is 5.60. The smallest absolute Gasteiger partial charge is 0.164 e. The van der Waals surface area contributed by atoms with Crippen molar-refractivity contribution in [2.75, 3.05) is 26.2 Å². The van der Waals surface area contributed by atoms with Crippen molar-refractivity contribution in [3.63, 3.8) is 0 Å². The van der Waals surface area contributed by atoms with Crippen LogP contribution in [0, 0.1) is 18.7 Å². The molecule has 20 heavy (non-hydrogen) atoms. The van der Waals surface area contributed by atoms with Crippen molar-refractivity contribution in [2.24, 2.45) is 5.92 Å². The maximum absolute atomic E-state index is 13.4. The SMILES string of the molecule is Cc1ccc(C(=O)CCN2CCC(CO)CC2)cc1F. The first-order valence-corrected chi connectivity index (χ1v) is 7.22. The molecule has 1 aliphatic rings. The highest BCUT2D eigenvalue weighted by molar-refractivity contribution is 5.96. The summed E-state index contributed by atoms with van der Waals surface area (Å²) < 4.78 is 13.4. The van der Waals surface area contributed by atoms with Gasteiger partial charge in [0.2, 0.25) is 0 Å². The second-order valence-corrected chi connectivity index (χ2v) is 5.60. The molecule has 0 spiro atoms. The van der Waals surface area contributed by atoms with Crippen molar-refractivity contribution >= 4 is 5.78 Å². The van der Waals surface area contributed by atoms with E-state index in [2.05, 4.69) is 4.90 Å². The maximum atomic E-state index is 13.4. The fourth-order valence-electron chi connectivity index (χ4n) is 2.56. The van der Waals surface area contributed by atoms with Crippen molar-refractivity contribution < 1.29 is 14.3 Å². The molecule has 1 saturated heterocycles. The Balaban J connectivity index is 1.82. The van der Waals surface area contributed by atoms with Crippen LogP contribution in [0.25, 0.3) is 0 Å². The summed E-state index contributed by atoms with van der Waals surface area (Å²) in [7, 11) is 0. The molecule has 2 rings (SSSR count). The van der Waals surface area contributed by atoms with Gasteiger partial charge in [0.25, 0.3) is 0 Å². The highest BCUT2D eigenvalue weighted by Gasteiger charge is 2.19. The molecule has 4 heteroatoms. The van der Waals surface area contributed by atoms with Crippen LogP contribution in [0.15, 0.2) is 18.2 Å². The zero-order chi connectivity index (χ0) is 14.5. The number of likely N-dealkylation sites (tertiary alicyclic amines) is 1. The van der Waals surface area contributed by atoms with Gasteiger partial charge in [-0.1, -0.05) is 12.1 Å².